The number of rotatable bonds is 6. The molecule has 0 saturated carbocycles. The lowest BCUT2D eigenvalue weighted by atomic mass is 9.88. The summed E-state index contributed by atoms with van der Waals surface area (Å²) in [6.45, 7) is 11.1. The van der Waals surface area contributed by atoms with E-state index in [0.29, 0.717) is 29.4 Å². The summed E-state index contributed by atoms with van der Waals surface area (Å²) in [5.74, 6) is -0.671. The zero-order valence-electron chi connectivity index (χ0n) is 24.1. The number of hydrogen-bond acceptors (Lipinski definition) is 6. The maximum atomic E-state index is 13.7. The lowest BCUT2D eigenvalue weighted by Gasteiger charge is -2.31. The largest absolute Gasteiger partial charge is 0.485 e. The normalized spacial score (nSPS) is 14.0. The van der Waals surface area contributed by atoms with E-state index in [9.17, 15) is 13.6 Å². The van der Waals surface area contributed by atoms with Crippen LogP contribution >= 0.6 is 0 Å². The molecule has 218 valence electrons. The highest BCUT2D eigenvalue weighted by Crippen LogP contribution is 2.24. The van der Waals surface area contributed by atoms with Gasteiger partial charge in [0.25, 0.3) is 5.56 Å². The molecule has 1 aliphatic rings. The predicted molar refractivity (Wildman–Crippen MR) is 158 cm³/mol. The van der Waals surface area contributed by atoms with Gasteiger partial charge in [-0.15, -0.1) is 0 Å². The van der Waals surface area contributed by atoms with Crippen molar-refractivity contribution in [2.75, 3.05) is 19.6 Å². The Hall–Kier alpha value is -4.11. The van der Waals surface area contributed by atoms with E-state index in [1.165, 1.54) is 22.6 Å². The Morgan fingerprint density at radius 1 is 1.05 bits per heavy atom. The number of likely N-dealkylation sites (tertiary alicyclic amines) is 1. The monoisotopic (exact) mass is 564 g/mol. The Bertz CT molecular complexity index is 1480. The van der Waals surface area contributed by atoms with E-state index in [4.69, 9.17) is 9.94 Å². The highest BCUT2D eigenvalue weighted by molar-refractivity contribution is 6.02. The second-order valence-corrected chi connectivity index (χ2v) is 9.39. The third kappa shape index (κ3) is 8.44. The van der Waals surface area contributed by atoms with Crippen molar-refractivity contribution in [2.24, 2.45) is 11.1 Å². The summed E-state index contributed by atoms with van der Waals surface area (Å²) in [6.07, 6.45) is 3.34. The van der Waals surface area contributed by atoms with Crippen LogP contribution in [-0.2, 0) is 6.61 Å². The maximum absolute atomic E-state index is 13.7. The smallest absolute Gasteiger partial charge is 0.258 e. The molecule has 2 aromatic heterocycles. The fourth-order valence-electron chi connectivity index (χ4n) is 4.64. The number of halogens is 2. The van der Waals surface area contributed by atoms with Crippen LogP contribution in [0.25, 0.3) is 5.65 Å². The molecular formula is C32H38F2N4O3. The Balaban J connectivity index is 0.000000213. The van der Waals surface area contributed by atoms with Crippen LogP contribution < -0.4 is 10.3 Å². The zero-order chi connectivity index (χ0) is 29.8. The maximum Gasteiger partial charge on any atom is 0.258 e. The van der Waals surface area contributed by atoms with Gasteiger partial charge in [-0.25, -0.2) is 13.8 Å². The Labute approximate surface area is 239 Å². The van der Waals surface area contributed by atoms with Gasteiger partial charge in [-0.1, -0.05) is 56.3 Å². The van der Waals surface area contributed by atoms with Crippen molar-refractivity contribution < 1.29 is 18.7 Å². The van der Waals surface area contributed by atoms with E-state index in [1.807, 2.05) is 50.2 Å². The molecule has 0 aliphatic carbocycles. The first-order valence-electron chi connectivity index (χ1n) is 13.9. The molecule has 1 fully saturated rings. The number of nitrogens with zero attached hydrogens (tertiary/aromatic N) is 4. The molecule has 41 heavy (non-hydrogen) atoms. The number of fused-ring (bicyclic) bond motifs is 1. The standard InChI is InChI=1S/C16H14N2O2.C14H18F2N2O.C2H6/c1-12-10-15(19)18-9-5-8-14(16(18)17-12)20-11-13-6-3-2-4-7-13;1-2-18-7-5-10(6-8-18)14(17-19)12-4-3-11(15)9-13(12)16;1-2/h2-10H,11H2,1H3;3-4,9-10,19H,2,5-8H2,1H3;1-2H3/b;17-14-;. The van der Waals surface area contributed by atoms with E-state index >= 15 is 0 Å². The molecule has 0 spiro atoms. The molecule has 0 amide bonds. The second kappa shape index (κ2) is 15.6. The molecule has 0 bridgehead atoms. The van der Waals surface area contributed by atoms with Gasteiger partial charge in [-0.3, -0.25) is 9.20 Å². The van der Waals surface area contributed by atoms with Crippen LogP contribution in [0.3, 0.4) is 0 Å². The molecule has 1 N–H and O–H groups in total. The Morgan fingerprint density at radius 3 is 2.39 bits per heavy atom. The zero-order valence-corrected chi connectivity index (χ0v) is 24.1. The molecule has 0 radical (unpaired) electrons. The highest BCUT2D eigenvalue weighted by Gasteiger charge is 2.26. The molecule has 9 heteroatoms. The molecular weight excluding hydrogens is 526 g/mol. The number of piperidine rings is 1. The molecule has 4 aromatic rings. The molecule has 5 rings (SSSR count). The number of aromatic nitrogens is 2. The summed E-state index contributed by atoms with van der Waals surface area (Å²) in [6, 6.07) is 18.4. The molecule has 1 aliphatic heterocycles. The third-order valence-corrected chi connectivity index (χ3v) is 6.76. The van der Waals surface area contributed by atoms with Crippen molar-refractivity contribution in [3.63, 3.8) is 0 Å². The lowest BCUT2D eigenvalue weighted by Crippen LogP contribution is -2.36. The number of ether oxygens (including phenoxy) is 1. The van der Waals surface area contributed by atoms with Crippen LogP contribution in [0.5, 0.6) is 5.75 Å². The van der Waals surface area contributed by atoms with Gasteiger partial charge in [0, 0.05) is 35.5 Å². The molecule has 3 heterocycles. The van der Waals surface area contributed by atoms with E-state index in [1.54, 1.807) is 19.2 Å². The predicted octanol–water partition coefficient (Wildman–Crippen LogP) is 6.48. The second-order valence-electron chi connectivity index (χ2n) is 9.39. The van der Waals surface area contributed by atoms with Crippen LogP contribution in [0.1, 0.15) is 50.4 Å². The summed E-state index contributed by atoms with van der Waals surface area (Å²) in [5, 5.41) is 12.4. The van der Waals surface area contributed by atoms with E-state index in [-0.39, 0.29) is 17.0 Å². The van der Waals surface area contributed by atoms with Gasteiger partial charge >= 0.3 is 0 Å². The quantitative estimate of drug-likeness (QED) is 0.165. The minimum absolute atomic E-state index is 0.0211. The van der Waals surface area contributed by atoms with Crippen molar-refractivity contribution in [2.45, 2.75) is 47.1 Å². The molecule has 0 unspecified atom stereocenters. The van der Waals surface area contributed by atoms with Crippen LogP contribution in [0, 0.1) is 24.5 Å². The molecule has 2 aromatic carbocycles. The Kier molecular flexibility index (Phi) is 12.0. The highest BCUT2D eigenvalue weighted by atomic mass is 19.1. The number of aryl methyl sites for hydroxylation is 1. The first-order chi connectivity index (χ1) is 19.9. The average molecular weight is 565 g/mol. The molecule has 1 saturated heterocycles. The summed E-state index contributed by atoms with van der Waals surface area (Å²) in [4.78, 5) is 18.6. The van der Waals surface area contributed by atoms with Gasteiger partial charge in [0.2, 0.25) is 0 Å². The van der Waals surface area contributed by atoms with Crippen LogP contribution in [0.4, 0.5) is 8.78 Å². The Morgan fingerprint density at radius 2 is 1.76 bits per heavy atom. The topological polar surface area (TPSA) is 79.4 Å². The summed E-state index contributed by atoms with van der Waals surface area (Å²) in [7, 11) is 0. The third-order valence-electron chi connectivity index (χ3n) is 6.76. The molecule has 0 atom stereocenters. The first kappa shape index (κ1) is 31.4. The van der Waals surface area contributed by atoms with E-state index < -0.39 is 11.6 Å². The number of hydrogen-bond donors (Lipinski definition) is 1. The van der Waals surface area contributed by atoms with Crippen LogP contribution in [-0.4, -0.2) is 44.8 Å². The minimum atomic E-state index is -0.675. The van der Waals surface area contributed by atoms with Gasteiger partial charge in [-0.2, -0.15) is 0 Å². The van der Waals surface area contributed by atoms with Gasteiger partial charge in [0.05, 0.1) is 5.71 Å². The average Bonchev–Trinajstić information content (AvgIpc) is 3.00. The van der Waals surface area contributed by atoms with Crippen molar-refractivity contribution >= 4 is 11.4 Å². The summed E-state index contributed by atoms with van der Waals surface area (Å²) >= 11 is 0. The van der Waals surface area contributed by atoms with Crippen molar-refractivity contribution in [1.29, 1.82) is 0 Å². The van der Waals surface area contributed by atoms with E-state index in [0.717, 1.165) is 44.1 Å². The summed E-state index contributed by atoms with van der Waals surface area (Å²) in [5.41, 5.74) is 2.73. The minimum Gasteiger partial charge on any atom is -0.485 e. The SMILES string of the molecule is CC.CCN1CCC(/C(=N/O)c2ccc(F)cc2F)CC1.Cc1cc(=O)n2cccc(OCc3ccccc3)c2n1. The van der Waals surface area contributed by atoms with Gasteiger partial charge in [0.15, 0.2) is 11.4 Å². The fourth-order valence-corrected chi connectivity index (χ4v) is 4.64. The van der Waals surface area contributed by atoms with Gasteiger partial charge < -0.3 is 14.8 Å². The van der Waals surface area contributed by atoms with Crippen molar-refractivity contribution in [3.05, 3.63) is 112 Å². The van der Waals surface area contributed by atoms with Crippen molar-refractivity contribution in [1.82, 2.24) is 14.3 Å². The van der Waals surface area contributed by atoms with Crippen LogP contribution in [0.15, 0.2) is 82.9 Å². The fraction of sp³-hybridized carbons (Fsp3) is 0.344. The van der Waals surface area contributed by atoms with Gasteiger partial charge in [0.1, 0.15) is 18.2 Å². The summed E-state index contributed by atoms with van der Waals surface area (Å²) < 4.78 is 33.9. The lowest BCUT2D eigenvalue weighted by molar-refractivity contribution is 0.216. The van der Waals surface area contributed by atoms with Gasteiger partial charge in [-0.05, 0) is 69.2 Å². The first-order valence-corrected chi connectivity index (χ1v) is 13.9. The van der Waals surface area contributed by atoms with Crippen molar-refractivity contribution in [3.8, 4) is 5.75 Å². The molecule has 7 nitrogen and oxygen atoms in total. The number of oxime groups is 1. The number of benzene rings is 2. The van der Waals surface area contributed by atoms with E-state index in [2.05, 4.69) is 22.0 Å². The van der Waals surface area contributed by atoms with Crippen LogP contribution in [0.2, 0.25) is 0 Å². The number of pyridine rings is 1.